The molecule has 1 N–H and O–H groups in total. The molecule has 3 rings (SSSR count). The summed E-state index contributed by atoms with van der Waals surface area (Å²) in [4.78, 5) is 31.0. The molecule has 0 saturated carbocycles. The van der Waals surface area contributed by atoms with E-state index in [1.165, 1.54) is 11.3 Å². The van der Waals surface area contributed by atoms with Gasteiger partial charge in [-0.25, -0.2) is 4.98 Å². The van der Waals surface area contributed by atoms with Gasteiger partial charge < -0.3 is 10.2 Å². The van der Waals surface area contributed by atoms with Gasteiger partial charge in [0.15, 0.2) is 5.13 Å². The van der Waals surface area contributed by atoms with Crippen molar-refractivity contribution in [3.8, 4) is 0 Å². The van der Waals surface area contributed by atoms with Gasteiger partial charge in [0.2, 0.25) is 11.8 Å². The zero-order valence-electron chi connectivity index (χ0n) is 14.1. The third-order valence-corrected chi connectivity index (χ3v) is 5.34. The Kier molecular flexibility index (Phi) is 4.66. The number of nitrogens with one attached hydrogen (secondary N) is 1. The summed E-state index contributed by atoms with van der Waals surface area (Å²) in [5.41, 5.74) is 3.04. The highest BCUT2D eigenvalue weighted by Crippen LogP contribution is 2.36. The fraction of sp³-hybridized carbons (Fsp3) is 0.389. The SMILES string of the molecule is Cc1ccc([C@@H]2[C@H](C(=O)Nc3nc(C)cs3)CCC(=O)N2C)cc1. The number of hydrogen-bond acceptors (Lipinski definition) is 4. The minimum absolute atomic E-state index is 0.0747. The van der Waals surface area contributed by atoms with Crippen LogP contribution in [-0.4, -0.2) is 28.7 Å². The molecule has 0 aliphatic carbocycles. The summed E-state index contributed by atoms with van der Waals surface area (Å²) in [6.45, 7) is 3.92. The number of amides is 2. The highest BCUT2D eigenvalue weighted by molar-refractivity contribution is 7.13. The lowest BCUT2D eigenvalue weighted by molar-refractivity contribution is -0.140. The lowest BCUT2D eigenvalue weighted by atomic mass is 9.84. The average molecular weight is 343 g/mol. The molecule has 126 valence electrons. The number of hydrogen-bond donors (Lipinski definition) is 1. The zero-order chi connectivity index (χ0) is 17.3. The number of likely N-dealkylation sites (tertiary alicyclic amines) is 1. The Hall–Kier alpha value is -2.21. The van der Waals surface area contributed by atoms with Crippen molar-refractivity contribution in [1.29, 1.82) is 0 Å². The Balaban J connectivity index is 1.86. The fourth-order valence-corrected chi connectivity index (χ4v) is 3.83. The van der Waals surface area contributed by atoms with Crippen molar-refractivity contribution in [2.24, 2.45) is 5.92 Å². The first-order valence-electron chi connectivity index (χ1n) is 8.01. The fourth-order valence-electron chi connectivity index (χ4n) is 3.14. The van der Waals surface area contributed by atoms with Gasteiger partial charge in [0.05, 0.1) is 17.7 Å². The van der Waals surface area contributed by atoms with Gasteiger partial charge in [-0.05, 0) is 25.8 Å². The van der Waals surface area contributed by atoms with E-state index in [0.717, 1.165) is 16.8 Å². The molecule has 0 unspecified atom stereocenters. The van der Waals surface area contributed by atoms with Crippen LogP contribution in [0, 0.1) is 19.8 Å². The minimum Gasteiger partial charge on any atom is -0.338 e. The molecule has 5 nitrogen and oxygen atoms in total. The number of rotatable bonds is 3. The van der Waals surface area contributed by atoms with E-state index < -0.39 is 0 Å². The van der Waals surface area contributed by atoms with Crippen molar-refractivity contribution in [3.63, 3.8) is 0 Å². The Morgan fingerprint density at radius 2 is 2.00 bits per heavy atom. The van der Waals surface area contributed by atoms with E-state index in [-0.39, 0.29) is 23.8 Å². The molecule has 2 aromatic rings. The quantitative estimate of drug-likeness (QED) is 0.930. The third kappa shape index (κ3) is 3.33. The van der Waals surface area contributed by atoms with Crippen LogP contribution in [0.4, 0.5) is 5.13 Å². The van der Waals surface area contributed by atoms with Gasteiger partial charge in [0, 0.05) is 18.8 Å². The monoisotopic (exact) mass is 343 g/mol. The molecule has 2 atom stereocenters. The van der Waals surface area contributed by atoms with E-state index in [2.05, 4.69) is 10.3 Å². The second-order valence-electron chi connectivity index (χ2n) is 6.29. The van der Waals surface area contributed by atoms with Crippen molar-refractivity contribution >= 4 is 28.3 Å². The van der Waals surface area contributed by atoms with Crippen molar-refractivity contribution in [1.82, 2.24) is 9.88 Å². The maximum atomic E-state index is 12.8. The molecular weight excluding hydrogens is 322 g/mol. The number of piperidine rings is 1. The summed E-state index contributed by atoms with van der Waals surface area (Å²) in [6, 6.07) is 7.79. The van der Waals surface area contributed by atoms with Crippen molar-refractivity contribution < 1.29 is 9.59 Å². The van der Waals surface area contributed by atoms with E-state index >= 15 is 0 Å². The molecule has 1 aromatic carbocycles. The smallest absolute Gasteiger partial charge is 0.231 e. The molecule has 1 aliphatic heterocycles. The Bertz CT molecular complexity index is 754. The third-order valence-electron chi connectivity index (χ3n) is 4.47. The number of aryl methyl sites for hydroxylation is 2. The molecule has 24 heavy (non-hydrogen) atoms. The first-order valence-corrected chi connectivity index (χ1v) is 8.89. The van der Waals surface area contributed by atoms with Crippen LogP contribution in [0.15, 0.2) is 29.6 Å². The Labute approximate surface area is 145 Å². The summed E-state index contributed by atoms with van der Waals surface area (Å²) in [7, 11) is 1.78. The van der Waals surface area contributed by atoms with Crippen LogP contribution < -0.4 is 5.32 Å². The van der Waals surface area contributed by atoms with Gasteiger partial charge in [-0.15, -0.1) is 11.3 Å². The van der Waals surface area contributed by atoms with Crippen LogP contribution in [0.25, 0.3) is 0 Å². The van der Waals surface area contributed by atoms with Gasteiger partial charge in [0.1, 0.15) is 0 Å². The van der Waals surface area contributed by atoms with E-state index in [1.807, 2.05) is 43.5 Å². The molecule has 1 fully saturated rings. The predicted molar refractivity (Wildman–Crippen MR) is 94.9 cm³/mol. The number of nitrogens with zero attached hydrogens (tertiary/aromatic N) is 2. The summed E-state index contributed by atoms with van der Waals surface area (Å²) < 4.78 is 0. The summed E-state index contributed by atoms with van der Waals surface area (Å²) in [5, 5.41) is 5.43. The van der Waals surface area contributed by atoms with E-state index in [4.69, 9.17) is 0 Å². The van der Waals surface area contributed by atoms with Crippen LogP contribution in [0.5, 0.6) is 0 Å². The number of thiazole rings is 1. The second-order valence-corrected chi connectivity index (χ2v) is 7.15. The van der Waals surface area contributed by atoms with Gasteiger partial charge >= 0.3 is 0 Å². The summed E-state index contributed by atoms with van der Waals surface area (Å²) in [5.74, 6) is -0.274. The zero-order valence-corrected chi connectivity index (χ0v) is 14.9. The number of benzene rings is 1. The van der Waals surface area contributed by atoms with Crippen molar-refractivity contribution in [3.05, 3.63) is 46.5 Å². The average Bonchev–Trinajstić information content (AvgIpc) is 2.96. The van der Waals surface area contributed by atoms with Gasteiger partial charge in [-0.2, -0.15) is 0 Å². The maximum Gasteiger partial charge on any atom is 0.231 e. The van der Waals surface area contributed by atoms with Crippen LogP contribution in [0.2, 0.25) is 0 Å². The van der Waals surface area contributed by atoms with E-state index in [1.54, 1.807) is 11.9 Å². The Morgan fingerprint density at radius 1 is 1.29 bits per heavy atom. The van der Waals surface area contributed by atoms with E-state index in [9.17, 15) is 9.59 Å². The highest BCUT2D eigenvalue weighted by Gasteiger charge is 2.39. The van der Waals surface area contributed by atoms with Crippen molar-refractivity contribution in [2.45, 2.75) is 32.7 Å². The summed E-state index contributed by atoms with van der Waals surface area (Å²) >= 11 is 1.42. The first-order chi connectivity index (χ1) is 11.5. The highest BCUT2D eigenvalue weighted by atomic mass is 32.1. The van der Waals surface area contributed by atoms with E-state index in [0.29, 0.717) is 18.0 Å². The number of carbonyl (C=O) groups is 2. The van der Waals surface area contributed by atoms with Gasteiger partial charge in [-0.3, -0.25) is 9.59 Å². The molecule has 2 heterocycles. The van der Waals surface area contributed by atoms with Gasteiger partial charge in [-0.1, -0.05) is 29.8 Å². The van der Waals surface area contributed by atoms with Gasteiger partial charge in [0.25, 0.3) is 0 Å². The molecule has 2 amide bonds. The topological polar surface area (TPSA) is 62.3 Å². The molecule has 0 radical (unpaired) electrons. The Morgan fingerprint density at radius 3 is 2.62 bits per heavy atom. The summed E-state index contributed by atoms with van der Waals surface area (Å²) in [6.07, 6.45) is 0.950. The number of aromatic nitrogens is 1. The number of carbonyl (C=O) groups excluding carboxylic acids is 2. The van der Waals surface area contributed by atoms with Crippen LogP contribution >= 0.6 is 11.3 Å². The second kappa shape index (κ2) is 6.73. The van der Waals surface area contributed by atoms with Crippen LogP contribution in [0.1, 0.15) is 35.7 Å². The van der Waals surface area contributed by atoms with Crippen LogP contribution in [-0.2, 0) is 9.59 Å². The minimum atomic E-state index is -0.278. The molecule has 1 aliphatic rings. The normalized spacial score (nSPS) is 21.0. The standard InChI is InChI=1S/C18H21N3O2S/c1-11-4-6-13(7-5-11)16-14(8-9-15(22)21(16)3)17(23)20-18-19-12(2)10-24-18/h4-7,10,14,16H,8-9H2,1-3H3,(H,19,20,23)/t14-,16-/m1/s1. The molecular formula is C18H21N3O2S. The number of anilines is 1. The lowest BCUT2D eigenvalue weighted by Gasteiger charge is -2.38. The predicted octanol–water partition coefficient (Wildman–Crippen LogP) is 3.31. The molecule has 0 bridgehead atoms. The lowest BCUT2D eigenvalue weighted by Crippen LogP contribution is -2.44. The maximum absolute atomic E-state index is 12.8. The first kappa shape index (κ1) is 16.6. The van der Waals surface area contributed by atoms with Crippen LogP contribution in [0.3, 0.4) is 0 Å². The molecule has 1 saturated heterocycles. The molecule has 1 aromatic heterocycles. The molecule has 0 spiro atoms. The molecule has 6 heteroatoms. The van der Waals surface area contributed by atoms with Crippen molar-refractivity contribution in [2.75, 3.05) is 12.4 Å². The largest absolute Gasteiger partial charge is 0.338 e.